The third kappa shape index (κ3) is 11.9. The van der Waals surface area contributed by atoms with Crippen LogP contribution in [0.25, 0.3) is 0 Å². The summed E-state index contributed by atoms with van der Waals surface area (Å²) in [4.78, 5) is 42.1. The van der Waals surface area contributed by atoms with Gasteiger partial charge in [-0.1, -0.05) is 73.5 Å². The molecule has 2 aromatic carbocycles. The van der Waals surface area contributed by atoms with Crippen molar-refractivity contribution in [2.45, 2.75) is 96.3 Å². The van der Waals surface area contributed by atoms with E-state index in [1.54, 1.807) is 61.2 Å². The van der Waals surface area contributed by atoms with Crippen LogP contribution in [0.3, 0.4) is 0 Å². The van der Waals surface area contributed by atoms with Gasteiger partial charge >= 0.3 is 13.7 Å². The van der Waals surface area contributed by atoms with Gasteiger partial charge < -0.3 is 39.2 Å². The minimum absolute atomic E-state index is 0.0184. The molecule has 2 aromatic rings. The van der Waals surface area contributed by atoms with Crippen LogP contribution in [0, 0.1) is 5.92 Å². The molecule has 12 nitrogen and oxygen atoms in total. The topological polar surface area (TPSA) is 153 Å². The second-order valence-corrected chi connectivity index (χ2v) is 15.5. The quantitative estimate of drug-likeness (QED) is 0.157. The summed E-state index contributed by atoms with van der Waals surface area (Å²) in [6.07, 6.45) is 4.31. The predicted octanol–water partition coefficient (Wildman–Crippen LogP) is 6.83. The summed E-state index contributed by atoms with van der Waals surface area (Å²) < 4.78 is 35.8. The molecule has 1 aliphatic heterocycles. The number of rotatable bonds is 16. The molecule has 1 saturated carbocycles. The van der Waals surface area contributed by atoms with Crippen LogP contribution in [0.5, 0.6) is 5.75 Å². The maximum atomic E-state index is 14.0. The van der Waals surface area contributed by atoms with E-state index in [9.17, 15) is 24.1 Å². The lowest BCUT2D eigenvalue weighted by atomic mass is 9.84. The van der Waals surface area contributed by atoms with E-state index in [4.69, 9.17) is 41.7 Å². The van der Waals surface area contributed by atoms with Crippen LogP contribution in [0.1, 0.15) is 76.3 Å². The Kier molecular flexibility index (Phi) is 15.7. The number of nitrogens with one attached hydrogen (secondary N) is 2. The Labute approximate surface area is 304 Å². The molecule has 50 heavy (non-hydrogen) atoms. The highest BCUT2D eigenvalue weighted by atomic mass is 35.5. The number of amides is 3. The Morgan fingerprint density at radius 2 is 1.74 bits per heavy atom. The van der Waals surface area contributed by atoms with Crippen molar-refractivity contribution < 1.29 is 42.6 Å². The molecule has 3 atom stereocenters. The number of carbonyl (C=O) groups is 3. The monoisotopic (exact) mass is 755 g/mol. The van der Waals surface area contributed by atoms with Gasteiger partial charge in [0, 0.05) is 28.6 Å². The molecule has 1 unspecified atom stereocenters. The van der Waals surface area contributed by atoms with Gasteiger partial charge in [0.25, 0.3) is 0 Å². The molecule has 276 valence electrons. The van der Waals surface area contributed by atoms with E-state index in [2.05, 4.69) is 10.6 Å². The van der Waals surface area contributed by atoms with Crippen LogP contribution < -0.4 is 15.4 Å². The number of hydrogen-bond acceptors (Lipinski definition) is 9. The van der Waals surface area contributed by atoms with Gasteiger partial charge in [-0.25, -0.2) is 4.79 Å². The molecule has 2 aliphatic rings. The first-order chi connectivity index (χ1) is 24.0. The minimum Gasteiger partial charge on any atom is -0.491 e. The van der Waals surface area contributed by atoms with Crippen LogP contribution >= 0.6 is 30.8 Å². The Morgan fingerprint density at radius 1 is 1.02 bits per heavy atom. The summed E-state index contributed by atoms with van der Waals surface area (Å²) in [5.74, 6) is -1.88. The van der Waals surface area contributed by atoms with Gasteiger partial charge in [0.05, 0.1) is 25.8 Å². The Hall–Kier alpha value is -2.86. The summed E-state index contributed by atoms with van der Waals surface area (Å²) in [5, 5.41) is 18.0. The SMILES string of the molecule is CCOP(=O)(OCC)C(O)[C@H](CCC(=O)N1CCOc2cc(Cl)ccc2C1)NC(=O)[C@H](CC1CCCCC1)NC(=O)OCc1cccc(Cl)c1. The van der Waals surface area contributed by atoms with E-state index in [0.29, 0.717) is 34.3 Å². The molecular weight excluding hydrogens is 708 g/mol. The minimum atomic E-state index is -4.15. The van der Waals surface area contributed by atoms with Crippen molar-refractivity contribution in [1.82, 2.24) is 15.5 Å². The number of fused-ring (bicyclic) bond motifs is 1. The number of hydrogen-bond donors (Lipinski definition) is 3. The third-order valence-electron chi connectivity index (χ3n) is 8.82. The zero-order valence-electron chi connectivity index (χ0n) is 28.6. The van der Waals surface area contributed by atoms with Gasteiger partial charge in [-0.3, -0.25) is 14.2 Å². The second kappa shape index (κ2) is 19.7. The Morgan fingerprint density at radius 3 is 2.44 bits per heavy atom. The van der Waals surface area contributed by atoms with Crippen molar-refractivity contribution in [3.8, 4) is 5.75 Å². The summed E-state index contributed by atoms with van der Waals surface area (Å²) in [6, 6.07) is 9.88. The zero-order valence-corrected chi connectivity index (χ0v) is 31.0. The highest BCUT2D eigenvalue weighted by molar-refractivity contribution is 7.54. The molecule has 15 heteroatoms. The highest BCUT2D eigenvalue weighted by Crippen LogP contribution is 2.53. The molecular formula is C35H48Cl2N3O9P. The highest BCUT2D eigenvalue weighted by Gasteiger charge is 2.42. The lowest BCUT2D eigenvalue weighted by Crippen LogP contribution is -2.53. The van der Waals surface area contributed by atoms with Crippen LogP contribution in [0.2, 0.25) is 10.0 Å². The van der Waals surface area contributed by atoms with Gasteiger partial charge in [0.1, 0.15) is 25.0 Å². The van der Waals surface area contributed by atoms with Crippen molar-refractivity contribution in [2.75, 3.05) is 26.4 Å². The van der Waals surface area contributed by atoms with Crippen LogP contribution in [0.4, 0.5) is 4.79 Å². The first-order valence-corrected chi connectivity index (χ1v) is 19.6. The van der Waals surface area contributed by atoms with Gasteiger partial charge in [-0.05, 0) is 62.4 Å². The number of aliphatic hydroxyl groups excluding tert-OH is 1. The molecule has 0 spiro atoms. The van der Waals surface area contributed by atoms with Crippen molar-refractivity contribution in [3.05, 3.63) is 63.6 Å². The molecule has 3 N–H and O–H groups in total. The number of halogens is 2. The molecule has 0 aromatic heterocycles. The van der Waals surface area contributed by atoms with Crippen molar-refractivity contribution in [2.24, 2.45) is 5.92 Å². The normalized spacial score (nSPS) is 17.0. The van der Waals surface area contributed by atoms with E-state index in [-0.39, 0.29) is 57.6 Å². The van der Waals surface area contributed by atoms with E-state index in [1.807, 2.05) is 0 Å². The van der Waals surface area contributed by atoms with Crippen LogP contribution in [0.15, 0.2) is 42.5 Å². The Balaban J connectivity index is 1.50. The van der Waals surface area contributed by atoms with E-state index in [1.165, 1.54) is 0 Å². The van der Waals surface area contributed by atoms with Gasteiger partial charge in [0.15, 0.2) is 5.85 Å². The fourth-order valence-electron chi connectivity index (χ4n) is 6.29. The lowest BCUT2D eigenvalue weighted by molar-refractivity contribution is -0.133. The number of nitrogens with zero attached hydrogens (tertiary/aromatic N) is 1. The van der Waals surface area contributed by atoms with E-state index < -0.39 is 37.5 Å². The number of benzene rings is 2. The van der Waals surface area contributed by atoms with Gasteiger partial charge in [-0.15, -0.1) is 0 Å². The number of aliphatic hydroxyl groups is 1. The average molecular weight is 757 g/mol. The van der Waals surface area contributed by atoms with Crippen molar-refractivity contribution in [3.63, 3.8) is 0 Å². The van der Waals surface area contributed by atoms with Crippen LogP contribution in [-0.4, -0.2) is 72.2 Å². The maximum absolute atomic E-state index is 14.0. The second-order valence-electron chi connectivity index (χ2n) is 12.5. The third-order valence-corrected chi connectivity index (χ3v) is 11.5. The Bertz CT molecular complexity index is 1480. The summed E-state index contributed by atoms with van der Waals surface area (Å²) in [6.45, 7) is 3.98. The largest absolute Gasteiger partial charge is 0.491 e. The molecule has 4 rings (SSSR count). The summed E-state index contributed by atoms with van der Waals surface area (Å²) in [5.41, 5.74) is 1.47. The molecule has 0 saturated heterocycles. The number of carbonyl (C=O) groups excluding carboxylic acids is 3. The zero-order chi connectivity index (χ0) is 36.1. The van der Waals surface area contributed by atoms with Crippen molar-refractivity contribution >= 4 is 48.7 Å². The number of alkyl carbamates (subject to hydrolysis) is 1. The lowest BCUT2D eigenvalue weighted by Gasteiger charge is -2.32. The molecule has 1 heterocycles. The maximum Gasteiger partial charge on any atom is 0.408 e. The predicted molar refractivity (Wildman–Crippen MR) is 190 cm³/mol. The molecule has 1 fully saturated rings. The van der Waals surface area contributed by atoms with Crippen LogP contribution in [-0.2, 0) is 41.1 Å². The van der Waals surface area contributed by atoms with E-state index >= 15 is 0 Å². The smallest absolute Gasteiger partial charge is 0.408 e. The van der Waals surface area contributed by atoms with Gasteiger partial charge in [0.2, 0.25) is 11.8 Å². The van der Waals surface area contributed by atoms with Crippen molar-refractivity contribution in [1.29, 1.82) is 0 Å². The molecule has 3 amide bonds. The summed E-state index contributed by atoms with van der Waals surface area (Å²) in [7, 11) is -4.15. The van der Waals surface area contributed by atoms with E-state index in [0.717, 1.165) is 37.7 Å². The van der Waals surface area contributed by atoms with Gasteiger partial charge in [-0.2, -0.15) is 0 Å². The number of ether oxygens (including phenoxy) is 2. The molecule has 0 radical (unpaired) electrons. The fourth-order valence-corrected chi connectivity index (χ4v) is 8.43. The first-order valence-electron chi connectivity index (χ1n) is 17.2. The average Bonchev–Trinajstić information content (AvgIpc) is 3.31. The molecule has 0 bridgehead atoms. The summed E-state index contributed by atoms with van der Waals surface area (Å²) >= 11 is 12.2. The fraction of sp³-hybridized carbons (Fsp3) is 0.571. The first kappa shape index (κ1) is 39.9. The molecule has 1 aliphatic carbocycles. The standard InChI is InChI=1S/C35H48Cl2N3O9P/c1-3-48-50(45,49-4-2)34(43)29(15-16-32(41)40-17-18-46-31-21-28(37)14-13-26(31)22-40)38-33(42)30(20-24-9-6-5-7-10-24)39-35(44)47-23-25-11-8-12-27(36)19-25/h8,11-14,19,21,24,29-30,34,43H,3-7,9-10,15-18,20,22-23H2,1-2H3,(H,38,42)(H,39,44)/t29-,30-,34?/m0/s1.